The lowest BCUT2D eigenvalue weighted by molar-refractivity contribution is -0.143. The summed E-state index contributed by atoms with van der Waals surface area (Å²) in [6.07, 6.45) is 75.2. The van der Waals surface area contributed by atoms with Crippen molar-refractivity contribution in [1.29, 1.82) is 0 Å². The molecule has 0 aromatic heterocycles. The van der Waals surface area contributed by atoms with Crippen molar-refractivity contribution in [3.05, 3.63) is 12.2 Å². The van der Waals surface area contributed by atoms with E-state index in [4.69, 9.17) is 4.74 Å². The van der Waals surface area contributed by atoms with Crippen LogP contribution in [0.2, 0.25) is 0 Å². The van der Waals surface area contributed by atoms with Crippen LogP contribution in [-0.2, 0) is 14.3 Å². The van der Waals surface area contributed by atoms with Gasteiger partial charge in [0.15, 0.2) is 0 Å². The lowest BCUT2D eigenvalue weighted by Gasteiger charge is -2.22. The standard InChI is InChI=1S/C66H129NO5/c1-3-5-7-9-11-13-15-17-19-20-25-28-31-34-38-42-46-50-54-58-64(69)63(62-68)67-65(70)59-55-51-47-43-39-35-32-29-26-23-21-22-24-27-30-33-37-41-45-49-53-57-61-72-66(71)60-56-52-48-44-40-36-18-16-14-12-10-8-6-4-2/h16,18,63-64,68-69H,3-15,17,19-62H2,1-2H3,(H,67,70)/b18-16-. The topological polar surface area (TPSA) is 95.9 Å². The number of amides is 1. The fourth-order valence-electron chi connectivity index (χ4n) is 10.5. The van der Waals surface area contributed by atoms with Gasteiger partial charge in [-0.3, -0.25) is 9.59 Å². The van der Waals surface area contributed by atoms with Gasteiger partial charge in [0.2, 0.25) is 5.91 Å². The number of ether oxygens (including phenoxy) is 1. The predicted molar refractivity (Wildman–Crippen MR) is 315 cm³/mol. The minimum atomic E-state index is -0.664. The summed E-state index contributed by atoms with van der Waals surface area (Å²) in [7, 11) is 0. The Morgan fingerprint density at radius 2 is 0.653 bits per heavy atom. The summed E-state index contributed by atoms with van der Waals surface area (Å²) >= 11 is 0. The third-order valence-electron chi connectivity index (χ3n) is 15.6. The first-order chi connectivity index (χ1) is 35.5. The SMILES string of the molecule is CCCCCCC/C=C\CCCCCCCC(=O)OCCCCCCCCCCCCCCCCCCCCCCCCC(=O)NC(CO)C(O)CCCCCCCCCCCCCCCCCCCCC. The zero-order valence-corrected chi connectivity index (χ0v) is 48.9. The van der Waals surface area contributed by atoms with Crippen LogP contribution in [0.5, 0.6) is 0 Å². The fraction of sp³-hybridized carbons (Fsp3) is 0.939. The Morgan fingerprint density at radius 1 is 0.375 bits per heavy atom. The molecule has 6 heteroatoms. The van der Waals surface area contributed by atoms with Crippen LogP contribution in [0.1, 0.15) is 373 Å². The first-order valence-electron chi connectivity index (χ1n) is 32.9. The number of unbranched alkanes of at least 4 members (excludes halogenated alkanes) is 49. The molecule has 0 heterocycles. The number of carbonyl (C=O) groups excluding carboxylic acids is 2. The van der Waals surface area contributed by atoms with Crippen LogP contribution in [-0.4, -0.2) is 47.4 Å². The van der Waals surface area contributed by atoms with E-state index in [0.717, 1.165) is 44.9 Å². The molecule has 0 aliphatic carbocycles. The smallest absolute Gasteiger partial charge is 0.305 e. The molecule has 0 saturated heterocycles. The molecule has 0 aromatic rings. The lowest BCUT2D eigenvalue weighted by Crippen LogP contribution is -2.45. The number of aliphatic hydroxyl groups is 2. The van der Waals surface area contributed by atoms with Gasteiger partial charge in [-0.1, -0.05) is 321 Å². The van der Waals surface area contributed by atoms with Gasteiger partial charge >= 0.3 is 5.97 Å². The zero-order chi connectivity index (χ0) is 52.2. The molecule has 0 bridgehead atoms. The maximum Gasteiger partial charge on any atom is 0.305 e. The molecule has 2 atom stereocenters. The summed E-state index contributed by atoms with van der Waals surface area (Å²) in [6, 6.07) is -0.542. The number of allylic oxidation sites excluding steroid dienone is 2. The quantitative estimate of drug-likeness (QED) is 0.0320. The van der Waals surface area contributed by atoms with Gasteiger partial charge in [0, 0.05) is 12.8 Å². The van der Waals surface area contributed by atoms with Crippen molar-refractivity contribution in [2.45, 2.75) is 386 Å². The lowest BCUT2D eigenvalue weighted by atomic mass is 10.0. The van der Waals surface area contributed by atoms with Crippen molar-refractivity contribution in [1.82, 2.24) is 5.32 Å². The van der Waals surface area contributed by atoms with E-state index in [1.165, 1.54) is 295 Å². The molecule has 0 rings (SSSR count). The van der Waals surface area contributed by atoms with Crippen LogP contribution in [0.4, 0.5) is 0 Å². The second-order valence-corrected chi connectivity index (χ2v) is 22.8. The van der Waals surface area contributed by atoms with Crippen molar-refractivity contribution in [2.24, 2.45) is 0 Å². The Balaban J connectivity index is 3.38. The van der Waals surface area contributed by atoms with Crippen LogP contribution in [0, 0.1) is 0 Å². The summed E-state index contributed by atoms with van der Waals surface area (Å²) in [5.41, 5.74) is 0. The van der Waals surface area contributed by atoms with Gasteiger partial charge in [-0.25, -0.2) is 0 Å². The van der Waals surface area contributed by atoms with Gasteiger partial charge in [0.05, 0.1) is 25.4 Å². The van der Waals surface area contributed by atoms with E-state index in [2.05, 4.69) is 31.3 Å². The molecule has 0 aromatic carbocycles. The highest BCUT2D eigenvalue weighted by Gasteiger charge is 2.20. The number of esters is 1. The average Bonchev–Trinajstić information content (AvgIpc) is 3.38. The van der Waals surface area contributed by atoms with Crippen molar-refractivity contribution >= 4 is 11.9 Å². The van der Waals surface area contributed by atoms with E-state index in [0.29, 0.717) is 25.9 Å². The first-order valence-corrected chi connectivity index (χ1v) is 32.9. The monoisotopic (exact) mass is 1020 g/mol. The van der Waals surface area contributed by atoms with Crippen LogP contribution < -0.4 is 5.32 Å². The Bertz CT molecular complexity index is 1080. The highest BCUT2D eigenvalue weighted by molar-refractivity contribution is 5.76. The van der Waals surface area contributed by atoms with Crippen molar-refractivity contribution < 1.29 is 24.5 Å². The van der Waals surface area contributed by atoms with Crippen molar-refractivity contribution in [2.75, 3.05) is 13.2 Å². The molecular formula is C66H129NO5. The molecule has 0 radical (unpaired) electrons. The molecule has 0 spiro atoms. The largest absolute Gasteiger partial charge is 0.466 e. The highest BCUT2D eigenvalue weighted by atomic mass is 16.5. The number of rotatable bonds is 62. The average molecular weight is 1020 g/mol. The van der Waals surface area contributed by atoms with Gasteiger partial charge in [-0.05, 0) is 51.4 Å². The third-order valence-corrected chi connectivity index (χ3v) is 15.6. The van der Waals surface area contributed by atoms with Crippen LogP contribution in [0.25, 0.3) is 0 Å². The summed E-state index contributed by atoms with van der Waals surface area (Å²) in [5.74, 6) is -0.0255. The normalized spacial score (nSPS) is 12.6. The maximum atomic E-state index is 12.5. The summed E-state index contributed by atoms with van der Waals surface area (Å²) in [5, 5.41) is 23.4. The molecular weight excluding hydrogens is 887 g/mol. The van der Waals surface area contributed by atoms with E-state index in [1.807, 2.05) is 0 Å². The zero-order valence-electron chi connectivity index (χ0n) is 48.9. The second-order valence-electron chi connectivity index (χ2n) is 22.8. The summed E-state index contributed by atoms with van der Waals surface area (Å²) in [6.45, 7) is 4.97. The molecule has 428 valence electrons. The Hall–Kier alpha value is -1.40. The number of aliphatic hydroxyl groups excluding tert-OH is 2. The first kappa shape index (κ1) is 70.6. The molecule has 1 amide bonds. The summed E-state index contributed by atoms with van der Waals surface area (Å²) in [4.78, 5) is 24.6. The van der Waals surface area contributed by atoms with Crippen molar-refractivity contribution in [3.8, 4) is 0 Å². The Labute approximate surface area is 450 Å². The van der Waals surface area contributed by atoms with E-state index in [9.17, 15) is 19.8 Å². The Morgan fingerprint density at radius 3 is 0.986 bits per heavy atom. The van der Waals surface area contributed by atoms with Gasteiger partial charge in [0.25, 0.3) is 0 Å². The highest BCUT2D eigenvalue weighted by Crippen LogP contribution is 2.19. The van der Waals surface area contributed by atoms with E-state index in [-0.39, 0.29) is 18.5 Å². The van der Waals surface area contributed by atoms with E-state index in [1.54, 1.807) is 0 Å². The minimum Gasteiger partial charge on any atom is -0.466 e. The summed E-state index contributed by atoms with van der Waals surface area (Å²) < 4.78 is 5.48. The number of hydrogen-bond acceptors (Lipinski definition) is 5. The van der Waals surface area contributed by atoms with Gasteiger partial charge in [0.1, 0.15) is 0 Å². The van der Waals surface area contributed by atoms with Gasteiger partial charge in [-0.15, -0.1) is 0 Å². The van der Waals surface area contributed by atoms with Crippen LogP contribution >= 0.6 is 0 Å². The molecule has 6 nitrogen and oxygen atoms in total. The minimum absolute atomic E-state index is 0.00570. The van der Waals surface area contributed by atoms with E-state index < -0.39 is 12.1 Å². The second kappa shape index (κ2) is 62.1. The Kier molecular flexibility index (Phi) is 60.9. The molecule has 0 aliphatic heterocycles. The molecule has 2 unspecified atom stereocenters. The van der Waals surface area contributed by atoms with Crippen LogP contribution in [0.15, 0.2) is 12.2 Å². The van der Waals surface area contributed by atoms with Crippen LogP contribution in [0.3, 0.4) is 0 Å². The number of carbonyl (C=O) groups is 2. The number of nitrogens with one attached hydrogen (secondary N) is 1. The van der Waals surface area contributed by atoms with Gasteiger partial charge in [-0.2, -0.15) is 0 Å². The molecule has 72 heavy (non-hydrogen) atoms. The number of hydrogen-bond donors (Lipinski definition) is 3. The van der Waals surface area contributed by atoms with E-state index >= 15 is 0 Å². The molecule has 0 aliphatic rings. The molecule has 3 N–H and O–H groups in total. The molecule has 0 fully saturated rings. The maximum absolute atomic E-state index is 12.5. The van der Waals surface area contributed by atoms with Crippen molar-refractivity contribution in [3.63, 3.8) is 0 Å². The third kappa shape index (κ3) is 57.9. The molecule has 0 saturated carbocycles. The predicted octanol–water partition coefficient (Wildman–Crippen LogP) is 20.8. The fourth-order valence-corrected chi connectivity index (χ4v) is 10.5. The van der Waals surface area contributed by atoms with Gasteiger partial charge < -0.3 is 20.3 Å².